The van der Waals surface area contributed by atoms with Gasteiger partial charge < -0.3 is 0 Å². The first kappa shape index (κ1) is 11.4. The molecule has 0 spiro atoms. The lowest BCUT2D eigenvalue weighted by molar-refractivity contribution is 0.00429. The van der Waals surface area contributed by atoms with Gasteiger partial charge in [0, 0.05) is 11.1 Å². The van der Waals surface area contributed by atoms with Crippen LogP contribution in [0, 0.1) is 5.41 Å². The van der Waals surface area contributed by atoms with Crippen molar-refractivity contribution in [1.82, 2.24) is 10.6 Å². The fraction of sp³-hybridized carbons (Fsp3) is 1.00. The van der Waals surface area contributed by atoms with E-state index in [1.807, 2.05) is 0 Å². The van der Waals surface area contributed by atoms with Crippen LogP contribution < -0.4 is 10.6 Å². The molecular weight excluding hydrogens is 184 g/mol. The van der Waals surface area contributed by atoms with Crippen LogP contribution in [-0.4, -0.2) is 17.2 Å². The van der Waals surface area contributed by atoms with Gasteiger partial charge in [-0.2, -0.15) is 0 Å². The number of rotatable bonds is 0. The van der Waals surface area contributed by atoms with Crippen molar-refractivity contribution in [3.8, 4) is 0 Å². The van der Waals surface area contributed by atoms with Crippen molar-refractivity contribution in [1.29, 1.82) is 0 Å². The van der Waals surface area contributed by atoms with Crippen LogP contribution in [0.5, 0.6) is 0 Å². The Hall–Kier alpha value is -0.0800. The first-order valence-corrected chi connectivity index (χ1v) is 6.28. The molecule has 0 aliphatic carbocycles. The Kier molecular flexibility index (Phi) is 2.44. The van der Waals surface area contributed by atoms with Crippen molar-refractivity contribution in [2.24, 2.45) is 5.41 Å². The maximum atomic E-state index is 3.78. The zero-order chi connectivity index (χ0) is 11.3. The summed E-state index contributed by atoms with van der Waals surface area (Å²) < 4.78 is 0. The van der Waals surface area contributed by atoms with Crippen molar-refractivity contribution in [2.75, 3.05) is 0 Å². The van der Waals surface area contributed by atoms with E-state index in [9.17, 15) is 0 Å². The van der Waals surface area contributed by atoms with Crippen molar-refractivity contribution >= 4 is 0 Å². The van der Waals surface area contributed by atoms with Crippen LogP contribution in [0.2, 0.25) is 0 Å². The second kappa shape index (κ2) is 3.21. The number of fused-ring (bicyclic) bond motifs is 1. The third-order valence-corrected chi connectivity index (χ3v) is 4.41. The van der Waals surface area contributed by atoms with Crippen LogP contribution in [0.3, 0.4) is 0 Å². The Labute approximate surface area is 94.2 Å². The summed E-state index contributed by atoms with van der Waals surface area (Å²) in [5.41, 5.74) is 1.06. The Morgan fingerprint density at radius 2 is 1.13 bits per heavy atom. The molecule has 2 aliphatic heterocycles. The molecule has 2 N–H and O–H groups in total. The number of hydrogen-bond acceptors (Lipinski definition) is 2. The summed E-state index contributed by atoms with van der Waals surface area (Å²) in [6.45, 7) is 11.7. The summed E-state index contributed by atoms with van der Waals surface area (Å²) in [6.07, 6.45) is 5.77. The molecular formula is C13H26N2. The molecule has 0 aromatic carbocycles. The van der Waals surface area contributed by atoms with Crippen LogP contribution in [0.1, 0.15) is 60.3 Å². The van der Waals surface area contributed by atoms with Gasteiger partial charge in [0.05, 0.1) is 6.17 Å². The molecule has 0 atom stereocenters. The molecule has 2 heteroatoms. The van der Waals surface area contributed by atoms with Crippen LogP contribution in [0.15, 0.2) is 0 Å². The molecule has 0 unspecified atom stereocenters. The summed E-state index contributed by atoms with van der Waals surface area (Å²) >= 11 is 0. The summed E-state index contributed by atoms with van der Waals surface area (Å²) in [4.78, 5) is 0. The average Bonchev–Trinajstić information content (AvgIpc) is 2.07. The maximum absolute atomic E-state index is 3.78. The highest BCUT2D eigenvalue weighted by Crippen LogP contribution is 2.43. The van der Waals surface area contributed by atoms with Crippen LogP contribution in [0.25, 0.3) is 0 Å². The second-order valence-corrected chi connectivity index (χ2v) is 7.14. The van der Waals surface area contributed by atoms with Crippen LogP contribution >= 0.6 is 0 Å². The molecule has 0 radical (unpaired) electrons. The van der Waals surface area contributed by atoms with E-state index in [0.717, 1.165) is 0 Å². The molecule has 0 aromatic heterocycles. The molecule has 2 fully saturated rings. The molecule has 0 aromatic rings. The molecule has 0 amide bonds. The fourth-order valence-corrected chi connectivity index (χ4v) is 2.92. The third kappa shape index (κ3) is 2.21. The largest absolute Gasteiger partial charge is 0.296 e. The van der Waals surface area contributed by atoms with E-state index in [2.05, 4.69) is 45.3 Å². The Morgan fingerprint density at radius 1 is 0.733 bits per heavy atom. The molecule has 15 heavy (non-hydrogen) atoms. The molecule has 88 valence electrons. The molecule has 2 saturated heterocycles. The van der Waals surface area contributed by atoms with E-state index >= 15 is 0 Å². The highest BCUT2D eigenvalue weighted by Gasteiger charge is 2.47. The standard InChI is InChI=1S/C13H26N2/c1-11(2)6-8-13(5)9-7-12(3,4)15-10(13)14-11/h10,14-15H,6-9H2,1-5H3. The van der Waals surface area contributed by atoms with Gasteiger partial charge in [-0.25, -0.2) is 0 Å². The van der Waals surface area contributed by atoms with E-state index in [1.165, 1.54) is 25.7 Å². The lowest BCUT2D eigenvalue weighted by atomic mass is 9.67. The van der Waals surface area contributed by atoms with E-state index in [4.69, 9.17) is 0 Å². The van der Waals surface area contributed by atoms with Crippen molar-refractivity contribution in [2.45, 2.75) is 77.5 Å². The minimum atomic E-state index is 0.296. The lowest BCUT2D eigenvalue weighted by Crippen LogP contribution is -2.69. The fourth-order valence-electron chi connectivity index (χ4n) is 2.92. The van der Waals surface area contributed by atoms with Gasteiger partial charge >= 0.3 is 0 Å². The first-order chi connectivity index (χ1) is 6.73. The average molecular weight is 210 g/mol. The molecule has 2 heterocycles. The minimum Gasteiger partial charge on any atom is -0.296 e. The molecule has 2 nitrogen and oxygen atoms in total. The summed E-state index contributed by atoms with van der Waals surface area (Å²) in [6, 6.07) is 0. The van der Waals surface area contributed by atoms with Gasteiger partial charge in [0.2, 0.25) is 0 Å². The normalized spacial score (nSPS) is 43.4. The Balaban J connectivity index is 2.15. The summed E-state index contributed by atoms with van der Waals surface area (Å²) in [7, 11) is 0. The van der Waals surface area contributed by atoms with Crippen molar-refractivity contribution in [3.05, 3.63) is 0 Å². The van der Waals surface area contributed by atoms with E-state index in [0.29, 0.717) is 22.7 Å². The third-order valence-electron chi connectivity index (χ3n) is 4.41. The smallest absolute Gasteiger partial charge is 0.0635 e. The first-order valence-electron chi connectivity index (χ1n) is 6.28. The quantitative estimate of drug-likeness (QED) is 0.642. The van der Waals surface area contributed by atoms with Gasteiger partial charge in [-0.1, -0.05) is 6.92 Å². The predicted molar refractivity (Wildman–Crippen MR) is 64.8 cm³/mol. The van der Waals surface area contributed by atoms with Gasteiger partial charge in [-0.3, -0.25) is 10.6 Å². The van der Waals surface area contributed by atoms with Gasteiger partial charge in [-0.05, 0) is 58.8 Å². The second-order valence-electron chi connectivity index (χ2n) is 7.14. The van der Waals surface area contributed by atoms with Crippen molar-refractivity contribution in [3.63, 3.8) is 0 Å². The number of hydrogen-bond donors (Lipinski definition) is 2. The monoisotopic (exact) mass is 210 g/mol. The van der Waals surface area contributed by atoms with E-state index in [-0.39, 0.29) is 0 Å². The SMILES string of the molecule is CC1(C)CCC2(C)CCC(C)(C)NC2N1. The van der Waals surface area contributed by atoms with Crippen LogP contribution in [-0.2, 0) is 0 Å². The van der Waals surface area contributed by atoms with E-state index in [1.54, 1.807) is 0 Å². The molecule has 0 saturated carbocycles. The minimum absolute atomic E-state index is 0.296. The zero-order valence-corrected chi connectivity index (χ0v) is 10.9. The van der Waals surface area contributed by atoms with Gasteiger partial charge in [0.15, 0.2) is 0 Å². The molecule has 2 rings (SSSR count). The van der Waals surface area contributed by atoms with Gasteiger partial charge in [0.25, 0.3) is 0 Å². The number of piperidine rings is 2. The Bertz CT molecular complexity index is 233. The van der Waals surface area contributed by atoms with Crippen LogP contribution in [0.4, 0.5) is 0 Å². The Morgan fingerprint density at radius 3 is 1.53 bits per heavy atom. The number of nitrogens with one attached hydrogen (secondary N) is 2. The van der Waals surface area contributed by atoms with Gasteiger partial charge in [0.1, 0.15) is 0 Å². The topological polar surface area (TPSA) is 24.1 Å². The highest BCUT2D eigenvalue weighted by atomic mass is 15.2. The van der Waals surface area contributed by atoms with E-state index < -0.39 is 0 Å². The highest BCUT2D eigenvalue weighted by molar-refractivity contribution is 5.04. The summed E-state index contributed by atoms with van der Waals surface area (Å²) in [5.74, 6) is 0. The molecule has 0 bridgehead atoms. The lowest BCUT2D eigenvalue weighted by Gasteiger charge is -2.55. The van der Waals surface area contributed by atoms with Gasteiger partial charge in [-0.15, -0.1) is 0 Å². The maximum Gasteiger partial charge on any atom is 0.0635 e. The zero-order valence-electron chi connectivity index (χ0n) is 10.9. The predicted octanol–water partition coefficient (Wildman–Crippen LogP) is 2.64. The summed E-state index contributed by atoms with van der Waals surface area (Å²) in [5, 5.41) is 7.56. The molecule has 2 aliphatic rings. The van der Waals surface area contributed by atoms with Crippen molar-refractivity contribution < 1.29 is 0 Å².